The van der Waals surface area contributed by atoms with Crippen LogP contribution in [0.15, 0.2) is 58.0 Å². The highest BCUT2D eigenvalue weighted by molar-refractivity contribution is 6.30. The van der Waals surface area contributed by atoms with Gasteiger partial charge >= 0.3 is 0 Å². The summed E-state index contributed by atoms with van der Waals surface area (Å²) in [7, 11) is 0. The van der Waals surface area contributed by atoms with Crippen LogP contribution in [-0.4, -0.2) is 28.3 Å². The summed E-state index contributed by atoms with van der Waals surface area (Å²) in [5.74, 6) is 1.51. The van der Waals surface area contributed by atoms with Crippen molar-refractivity contribution in [3.05, 3.63) is 65.0 Å². The maximum absolute atomic E-state index is 8.93. The molecule has 0 atom stereocenters. The van der Waals surface area contributed by atoms with Gasteiger partial charge in [-0.1, -0.05) is 28.9 Å². The Kier molecular flexibility index (Phi) is 4.86. The summed E-state index contributed by atoms with van der Waals surface area (Å²) >= 11 is 5.93. The Morgan fingerprint density at radius 2 is 1.96 bits per heavy atom. The standard InChI is InChI=1S/C19H15ClN4O3/c20-13-7-5-12(6-8-13)18-23-19(27-24-18)15-9-10-26-16-4-2-1-3-14(16)17(15)21-11-22-25/h1-8,11,25H,9-10H2,(H,21,22). The molecule has 0 fully saturated rings. The second-order valence-corrected chi connectivity index (χ2v) is 6.18. The fourth-order valence-corrected chi connectivity index (χ4v) is 2.97. The molecular weight excluding hydrogens is 368 g/mol. The van der Waals surface area contributed by atoms with Crippen LogP contribution in [0.4, 0.5) is 0 Å². The van der Waals surface area contributed by atoms with Gasteiger partial charge < -0.3 is 9.26 Å². The zero-order chi connectivity index (χ0) is 18.6. The Labute approximate surface area is 159 Å². The zero-order valence-electron chi connectivity index (χ0n) is 14.1. The molecule has 0 saturated heterocycles. The molecule has 2 heterocycles. The lowest BCUT2D eigenvalue weighted by atomic mass is 10.0. The molecule has 1 aliphatic heterocycles. The van der Waals surface area contributed by atoms with Crippen molar-refractivity contribution in [2.24, 2.45) is 4.99 Å². The quantitative estimate of drug-likeness (QED) is 0.402. The number of hydrogen-bond donors (Lipinski definition) is 2. The van der Waals surface area contributed by atoms with Crippen LogP contribution in [0.25, 0.3) is 22.7 Å². The van der Waals surface area contributed by atoms with Crippen LogP contribution < -0.4 is 10.2 Å². The van der Waals surface area contributed by atoms with Crippen molar-refractivity contribution in [3.8, 4) is 17.1 Å². The molecule has 0 amide bonds. The molecule has 2 N–H and O–H groups in total. The van der Waals surface area contributed by atoms with E-state index in [0.29, 0.717) is 41.2 Å². The van der Waals surface area contributed by atoms with Crippen LogP contribution in [-0.2, 0) is 0 Å². The third-order valence-corrected chi connectivity index (χ3v) is 4.33. The fraction of sp³-hybridized carbons (Fsp3) is 0.105. The number of aliphatic imine (C=N–C) groups is 1. The summed E-state index contributed by atoms with van der Waals surface area (Å²) in [4.78, 5) is 8.84. The van der Waals surface area contributed by atoms with E-state index in [4.69, 9.17) is 26.1 Å². The first-order valence-corrected chi connectivity index (χ1v) is 8.61. The van der Waals surface area contributed by atoms with Gasteiger partial charge in [0.15, 0.2) is 0 Å². The maximum Gasteiger partial charge on any atom is 0.256 e. The average molecular weight is 383 g/mol. The molecule has 0 aliphatic carbocycles. The third kappa shape index (κ3) is 3.55. The number of benzene rings is 2. The number of aromatic nitrogens is 2. The van der Waals surface area contributed by atoms with E-state index < -0.39 is 0 Å². The highest BCUT2D eigenvalue weighted by Crippen LogP contribution is 2.37. The molecule has 2 aromatic carbocycles. The van der Waals surface area contributed by atoms with E-state index >= 15 is 0 Å². The maximum atomic E-state index is 8.93. The van der Waals surface area contributed by atoms with E-state index in [-0.39, 0.29) is 0 Å². The number of nitrogens with one attached hydrogen (secondary N) is 1. The van der Waals surface area contributed by atoms with Gasteiger partial charge in [0.25, 0.3) is 5.89 Å². The van der Waals surface area contributed by atoms with Crippen molar-refractivity contribution >= 4 is 29.2 Å². The monoisotopic (exact) mass is 382 g/mol. The first-order chi connectivity index (χ1) is 13.3. The molecule has 0 radical (unpaired) electrons. The molecule has 3 aromatic rings. The summed E-state index contributed by atoms with van der Waals surface area (Å²) in [5.41, 5.74) is 4.83. The summed E-state index contributed by atoms with van der Waals surface area (Å²) in [6.45, 7) is 0.441. The molecule has 1 aromatic heterocycles. The van der Waals surface area contributed by atoms with Crippen molar-refractivity contribution in [1.82, 2.24) is 15.6 Å². The summed E-state index contributed by atoms with van der Waals surface area (Å²) < 4.78 is 11.3. The van der Waals surface area contributed by atoms with Crippen LogP contribution in [0.1, 0.15) is 17.9 Å². The molecule has 4 rings (SSSR count). The van der Waals surface area contributed by atoms with Gasteiger partial charge in [-0.2, -0.15) is 4.98 Å². The van der Waals surface area contributed by atoms with Crippen molar-refractivity contribution in [2.75, 3.05) is 6.61 Å². The van der Waals surface area contributed by atoms with Gasteiger partial charge in [-0.05, 0) is 36.4 Å². The Morgan fingerprint density at radius 3 is 2.78 bits per heavy atom. The van der Waals surface area contributed by atoms with Crippen LogP contribution in [0.5, 0.6) is 5.75 Å². The Morgan fingerprint density at radius 1 is 1.15 bits per heavy atom. The van der Waals surface area contributed by atoms with Crippen LogP contribution >= 0.6 is 11.6 Å². The lowest BCUT2D eigenvalue weighted by Crippen LogP contribution is -2.02. The van der Waals surface area contributed by atoms with Gasteiger partial charge in [-0.15, -0.1) is 0 Å². The van der Waals surface area contributed by atoms with E-state index in [9.17, 15) is 0 Å². The first-order valence-electron chi connectivity index (χ1n) is 8.24. The SMILES string of the molecule is ONC=NC1=C(c2nc(-c3ccc(Cl)cc3)no2)CCOc2ccccc21. The van der Waals surface area contributed by atoms with E-state index in [2.05, 4.69) is 15.1 Å². The van der Waals surface area contributed by atoms with Gasteiger partial charge in [0.05, 0.1) is 12.3 Å². The van der Waals surface area contributed by atoms with Crippen molar-refractivity contribution in [3.63, 3.8) is 0 Å². The topological polar surface area (TPSA) is 92.8 Å². The number of para-hydroxylation sites is 1. The minimum Gasteiger partial charge on any atom is -0.493 e. The minimum absolute atomic E-state index is 0.352. The second-order valence-electron chi connectivity index (χ2n) is 5.74. The molecule has 0 saturated carbocycles. The van der Waals surface area contributed by atoms with Gasteiger partial charge in [-0.3, -0.25) is 10.7 Å². The second kappa shape index (κ2) is 7.61. The number of hydrogen-bond acceptors (Lipinski definition) is 6. The first kappa shape index (κ1) is 17.3. The third-order valence-electron chi connectivity index (χ3n) is 4.08. The largest absolute Gasteiger partial charge is 0.493 e. The lowest BCUT2D eigenvalue weighted by molar-refractivity contribution is 0.240. The van der Waals surface area contributed by atoms with Crippen molar-refractivity contribution in [1.29, 1.82) is 0 Å². The van der Waals surface area contributed by atoms with Crippen molar-refractivity contribution < 1.29 is 14.5 Å². The minimum atomic E-state index is 0.352. The molecule has 1 aliphatic rings. The predicted octanol–water partition coefficient (Wildman–Crippen LogP) is 4.05. The highest BCUT2D eigenvalue weighted by atomic mass is 35.5. The normalized spacial score (nSPS) is 14.0. The van der Waals surface area contributed by atoms with Crippen LogP contribution in [0.2, 0.25) is 5.02 Å². The fourth-order valence-electron chi connectivity index (χ4n) is 2.84. The van der Waals surface area contributed by atoms with E-state index in [1.54, 1.807) is 12.1 Å². The molecule has 7 nitrogen and oxygen atoms in total. The zero-order valence-corrected chi connectivity index (χ0v) is 14.8. The summed E-state index contributed by atoms with van der Waals surface area (Å²) in [6.07, 6.45) is 1.71. The molecule has 0 unspecified atom stereocenters. The van der Waals surface area contributed by atoms with E-state index in [1.165, 1.54) is 6.34 Å². The average Bonchev–Trinajstić information content (AvgIpc) is 3.10. The number of rotatable bonds is 4. The van der Waals surface area contributed by atoms with E-state index in [1.807, 2.05) is 41.9 Å². The Hall–Kier alpha value is -3.16. The summed E-state index contributed by atoms with van der Waals surface area (Å²) in [6, 6.07) is 14.7. The van der Waals surface area contributed by atoms with Gasteiger partial charge in [-0.25, -0.2) is 4.99 Å². The summed E-state index contributed by atoms with van der Waals surface area (Å²) in [5, 5.41) is 13.6. The van der Waals surface area contributed by atoms with Gasteiger partial charge in [0.1, 0.15) is 12.1 Å². The molecule has 0 spiro atoms. The Balaban J connectivity index is 1.81. The number of nitrogens with zero attached hydrogens (tertiary/aromatic N) is 3. The van der Waals surface area contributed by atoms with Gasteiger partial charge in [0, 0.05) is 28.1 Å². The van der Waals surface area contributed by atoms with Crippen molar-refractivity contribution in [2.45, 2.75) is 6.42 Å². The number of hydroxylamine groups is 1. The van der Waals surface area contributed by atoms with Crippen LogP contribution in [0, 0.1) is 0 Å². The lowest BCUT2D eigenvalue weighted by Gasteiger charge is -2.07. The number of halogens is 1. The molecular formula is C19H15ClN4O3. The van der Waals surface area contributed by atoms with Gasteiger partial charge in [0.2, 0.25) is 5.82 Å². The Bertz CT molecular complexity index is 1010. The molecule has 0 bridgehead atoms. The van der Waals surface area contributed by atoms with E-state index in [0.717, 1.165) is 16.7 Å². The number of fused-ring (bicyclic) bond motifs is 1. The number of ether oxygens (including phenoxy) is 1. The smallest absolute Gasteiger partial charge is 0.256 e. The highest BCUT2D eigenvalue weighted by Gasteiger charge is 2.23. The predicted molar refractivity (Wildman–Crippen MR) is 102 cm³/mol. The molecule has 8 heteroatoms. The molecule has 27 heavy (non-hydrogen) atoms. The van der Waals surface area contributed by atoms with Crippen LogP contribution in [0.3, 0.4) is 0 Å². The molecule has 136 valence electrons.